The van der Waals surface area contributed by atoms with Gasteiger partial charge < -0.3 is 15.2 Å². The van der Waals surface area contributed by atoms with Crippen LogP contribution in [-0.4, -0.2) is 26.7 Å². The first kappa shape index (κ1) is 19.2. The Morgan fingerprint density at radius 1 is 0.968 bits per heavy atom. The summed E-state index contributed by atoms with van der Waals surface area (Å²) < 4.78 is 5.94. The van der Waals surface area contributed by atoms with Crippen LogP contribution >= 0.6 is 11.3 Å². The minimum absolute atomic E-state index is 0.640. The maximum Gasteiger partial charge on any atom is 0.173 e. The molecule has 4 heterocycles. The molecule has 5 aromatic rings. The van der Waals surface area contributed by atoms with Gasteiger partial charge in [-0.05, 0) is 30.5 Å². The SMILES string of the molecule is c1ccc(CCCNc2nc(-c3ccncc3)nc3c(Nc4ccon4)csc23)cc1. The van der Waals surface area contributed by atoms with Crippen LogP contribution in [0, 0.1) is 0 Å². The molecule has 0 aliphatic rings. The first-order chi connectivity index (χ1) is 15.4. The molecule has 5 rings (SSSR count). The highest BCUT2D eigenvalue weighted by molar-refractivity contribution is 7.18. The van der Waals surface area contributed by atoms with E-state index in [0.29, 0.717) is 11.6 Å². The van der Waals surface area contributed by atoms with E-state index in [1.807, 2.05) is 23.6 Å². The Morgan fingerprint density at radius 3 is 2.65 bits per heavy atom. The Bertz CT molecular complexity index is 1260. The number of aryl methyl sites for hydroxylation is 1. The summed E-state index contributed by atoms with van der Waals surface area (Å²) in [6, 6.07) is 16.1. The summed E-state index contributed by atoms with van der Waals surface area (Å²) in [4.78, 5) is 13.8. The number of rotatable bonds is 8. The predicted octanol–water partition coefficient (Wildman–Crippen LogP) is 5.53. The molecule has 0 bridgehead atoms. The van der Waals surface area contributed by atoms with Crippen molar-refractivity contribution in [1.82, 2.24) is 20.1 Å². The summed E-state index contributed by atoms with van der Waals surface area (Å²) in [5.41, 5.74) is 3.98. The third kappa shape index (κ3) is 4.39. The molecule has 154 valence electrons. The minimum atomic E-state index is 0.640. The Morgan fingerprint density at radius 2 is 1.84 bits per heavy atom. The molecule has 0 aliphatic heterocycles. The number of fused-ring (bicyclic) bond motifs is 1. The average molecular weight is 429 g/mol. The molecule has 0 amide bonds. The van der Waals surface area contributed by atoms with Gasteiger partial charge in [0.2, 0.25) is 0 Å². The predicted molar refractivity (Wildman–Crippen MR) is 124 cm³/mol. The van der Waals surface area contributed by atoms with Crippen molar-refractivity contribution in [3.05, 3.63) is 78.1 Å². The first-order valence-electron chi connectivity index (χ1n) is 10.0. The number of anilines is 3. The lowest BCUT2D eigenvalue weighted by molar-refractivity contribution is 0.423. The van der Waals surface area contributed by atoms with Crippen LogP contribution < -0.4 is 10.6 Å². The van der Waals surface area contributed by atoms with Gasteiger partial charge in [0.25, 0.3) is 0 Å². The van der Waals surface area contributed by atoms with E-state index in [4.69, 9.17) is 14.5 Å². The van der Waals surface area contributed by atoms with E-state index < -0.39 is 0 Å². The van der Waals surface area contributed by atoms with Crippen LogP contribution in [-0.2, 0) is 6.42 Å². The second kappa shape index (κ2) is 8.93. The number of hydrogen-bond acceptors (Lipinski definition) is 8. The molecule has 4 aromatic heterocycles. The zero-order chi connectivity index (χ0) is 20.9. The van der Waals surface area contributed by atoms with Crippen molar-refractivity contribution in [3.8, 4) is 11.4 Å². The number of nitrogens with zero attached hydrogens (tertiary/aromatic N) is 4. The fraction of sp³-hybridized carbons (Fsp3) is 0.130. The van der Waals surface area contributed by atoms with Crippen LogP contribution in [0.15, 0.2) is 77.1 Å². The number of nitrogens with one attached hydrogen (secondary N) is 2. The summed E-state index contributed by atoms with van der Waals surface area (Å²) >= 11 is 1.60. The fourth-order valence-corrected chi connectivity index (χ4v) is 4.22. The van der Waals surface area contributed by atoms with Crippen LogP contribution in [0.4, 0.5) is 17.3 Å². The smallest absolute Gasteiger partial charge is 0.173 e. The van der Waals surface area contributed by atoms with Gasteiger partial charge in [-0.1, -0.05) is 35.5 Å². The van der Waals surface area contributed by atoms with Crippen molar-refractivity contribution in [2.75, 3.05) is 17.2 Å². The van der Waals surface area contributed by atoms with Gasteiger partial charge in [-0.2, -0.15) is 0 Å². The molecular formula is C23H20N6OS. The highest BCUT2D eigenvalue weighted by Gasteiger charge is 2.15. The zero-order valence-electron chi connectivity index (χ0n) is 16.7. The van der Waals surface area contributed by atoms with Crippen LogP contribution in [0.25, 0.3) is 21.6 Å². The van der Waals surface area contributed by atoms with Gasteiger partial charge in [-0.3, -0.25) is 4.98 Å². The molecule has 31 heavy (non-hydrogen) atoms. The molecule has 0 aliphatic carbocycles. The first-order valence-corrected chi connectivity index (χ1v) is 10.9. The van der Waals surface area contributed by atoms with Gasteiger partial charge in [-0.25, -0.2) is 9.97 Å². The molecule has 2 N–H and O–H groups in total. The fourth-order valence-electron chi connectivity index (χ4n) is 3.32. The maximum absolute atomic E-state index is 4.93. The Hall–Kier alpha value is -3.78. The Balaban J connectivity index is 1.43. The Kier molecular flexibility index (Phi) is 5.53. The Labute approximate surface area is 183 Å². The largest absolute Gasteiger partial charge is 0.369 e. The molecular weight excluding hydrogens is 408 g/mol. The average Bonchev–Trinajstić information content (AvgIpc) is 3.48. The molecule has 8 heteroatoms. The summed E-state index contributed by atoms with van der Waals surface area (Å²) in [5.74, 6) is 2.13. The lowest BCUT2D eigenvalue weighted by Crippen LogP contribution is -2.06. The third-order valence-corrected chi connectivity index (χ3v) is 5.81. The number of thiophene rings is 1. The summed E-state index contributed by atoms with van der Waals surface area (Å²) in [7, 11) is 0. The lowest BCUT2D eigenvalue weighted by Gasteiger charge is -2.10. The highest BCUT2D eigenvalue weighted by atomic mass is 32.1. The second-order valence-corrected chi connectivity index (χ2v) is 7.86. The summed E-state index contributed by atoms with van der Waals surface area (Å²) in [6.45, 7) is 0.820. The van der Waals surface area contributed by atoms with Crippen molar-refractivity contribution in [2.45, 2.75) is 12.8 Å². The van der Waals surface area contributed by atoms with E-state index in [9.17, 15) is 0 Å². The van der Waals surface area contributed by atoms with Crippen molar-refractivity contribution in [3.63, 3.8) is 0 Å². The topological polar surface area (TPSA) is 88.8 Å². The van der Waals surface area contributed by atoms with Crippen molar-refractivity contribution >= 4 is 38.9 Å². The van der Waals surface area contributed by atoms with E-state index in [2.05, 4.69) is 45.0 Å². The number of pyridine rings is 1. The molecule has 0 saturated carbocycles. The number of hydrogen-bond donors (Lipinski definition) is 2. The van der Waals surface area contributed by atoms with E-state index in [1.165, 1.54) is 11.8 Å². The molecule has 0 radical (unpaired) electrons. The highest BCUT2D eigenvalue weighted by Crippen LogP contribution is 2.36. The van der Waals surface area contributed by atoms with Crippen molar-refractivity contribution in [2.24, 2.45) is 0 Å². The van der Waals surface area contributed by atoms with Crippen LogP contribution in [0.5, 0.6) is 0 Å². The monoisotopic (exact) mass is 428 g/mol. The van der Waals surface area contributed by atoms with Crippen LogP contribution in [0.1, 0.15) is 12.0 Å². The zero-order valence-corrected chi connectivity index (χ0v) is 17.5. The molecule has 0 saturated heterocycles. The van der Waals surface area contributed by atoms with Gasteiger partial charge in [0, 0.05) is 35.9 Å². The maximum atomic E-state index is 4.93. The van der Waals surface area contributed by atoms with Gasteiger partial charge >= 0.3 is 0 Å². The van der Waals surface area contributed by atoms with Crippen LogP contribution in [0.3, 0.4) is 0 Å². The molecule has 0 atom stereocenters. The molecule has 0 fully saturated rings. The lowest BCUT2D eigenvalue weighted by atomic mass is 10.1. The summed E-state index contributed by atoms with van der Waals surface area (Å²) in [6.07, 6.45) is 7.06. The van der Waals surface area contributed by atoms with Gasteiger partial charge in [-0.15, -0.1) is 11.3 Å². The normalized spacial score (nSPS) is 11.0. The quantitative estimate of drug-likeness (QED) is 0.314. The van der Waals surface area contributed by atoms with Crippen molar-refractivity contribution in [1.29, 1.82) is 0 Å². The molecule has 1 aromatic carbocycles. The minimum Gasteiger partial charge on any atom is -0.369 e. The molecule has 7 nitrogen and oxygen atoms in total. The number of benzene rings is 1. The van der Waals surface area contributed by atoms with E-state index in [0.717, 1.165) is 46.7 Å². The molecule has 0 unspecified atom stereocenters. The van der Waals surface area contributed by atoms with E-state index >= 15 is 0 Å². The number of aromatic nitrogens is 4. The van der Waals surface area contributed by atoms with Gasteiger partial charge in [0.05, 0.1) is 10.4 Å². The van der Waals surface area contributed by atoms with E-state index in [-0.39, 0.29) is 0 Å². The third-order valence-electron chi connectivity index (χ3n) is 4.83. The van der Waals surface area contributed by atoms with Gasteiger partial charge in [0.1, 0.15) is 17.6 Å². The second-order valence-electron chi connectivity index (χ2n) is 6.98. The summed E-state index contributed by atoms with van der Waals surface area (Å²) in [5, 5.41) is 12.8. The van der Waals surface area contributed by atoms with Crippen LogP contribution in [0.2, 0.25) is 0 Å². The van der Waals surface area contributed by atoms with E-state index in [1.54, 1.807) is 29.8 Å². The molecule has 0 spiro atoms. The van der Waals surface area contributed by atoms with Crippen molar-refractivity contribution < 1.29 is 4.52 Å². The standard InChI is InChI=1S/C23H20N6OS/c1-2-5-16(6-3-1)7-4-11-25-23-21-20(18(15-31-21)26-19-10-14-30-29-19)27-22(28-23)17-8-12-24-13-9-17/h1-3,5-6,8-10,12-15H,4,7,11H2,(H,26,29)(H,25,27,28). The van der Waals surface area contributed by atoms with Gasteiger partial charge in [0.15, 0.2) is 11.6 Å².